The molecule has 0 atom stereocenters. The van der Waals surface area contributed by atoms with Crippen LogP contribution < -0.4 is 10.8 Å². The Kier molecular flexibility index (Phi) is 2.06. The topological polar surface area (TPSA) is 95.0 Å². The Hall–Kier alpha value is -1.73. The van der Waals surface area contributed by atoms with Crippen LogP contribution in [0.4, 0.5) is 0 Å². The standard InChI is InChI=1S/C8H7N3O3S/c9-15(13,14)11-7-4-2-1-3-6(7)5-10-8(11)12/h1-5H,(H2,9,13,14). The van der Waals surface area contributed by atoms with E-state index in [4.69, 9.17) is 5.14 Å². The normalized spacial score (nSPS) is 11.8. The van der Waals surface area contributed by atoms with E-state index in [0.717, 1.165) is 0 Å². The molecule has 0 spiro atoms. The van der Waals surface area contributed by atoms with Gasteiger partial charge in [0, 0.05) is 11.6 Å². The lowest BCUT2D eigenvalue weighted by molar-refractivity contribution is 0.588. The summed E-state index contributed by atoms with van der Waals surface area (Å²) in [4.78, 5) is 14.7. The SMILES string of the molecule is NS(=O)(=O)n1c(=O)ncc2ccccc21. The highest BCUT2D eigenvalue weighted by Gasteiger charge is 2.12. The van der Waals surface area contributed by atoms with E-state index < -0.39 is 15.9 Å². The van der Waals surface area contributed by atoms with E-state index in [9.17, 15) is 13.2 Å². The maximum Gasteiger partial charge on any atom is 0.362 e. The fourth-order valence-corrected chi connectivity index (χ4v) is 2.01. The minimum absolute atomic E-state index is 0.222. The van der Waals surface area contributed by atoms with Crippen LogP contribution in [0.5, 0.6) is 0 Å². The predicted octanol–water partition coefficient (Wildman–Crippen LogP) is -0.552. The number of hydrogen-bond donors (Lipinski definition) is 1. The van der Waals surface area contributed by atoms with Gasteiger partial charge in [0.25, 0.3) is 0 Å². The summed E-state index contributed by atoms with van der Waals surface area (Å²) >= 11 is 0. The molecule has 2 N–H and O–H groups in total. The molecule has 0 saturated heterocycles. The van der Waals surface area contributed by atoms with Crippen molar-refractivity contribution in [1.82, 2.24) is 8.96 Å². The summed E-state index contributed by atoms with van der Waals surface area (Å²) in [7, 11) is -4.12. The summed E-state index contributed by atoms with van der Waals surface area (Å²) in [5.74, 6) is 0. The molecule has 2 aromatic rings. The fraction of sp³-hybridized carbons (Fsp3) is 0. The lowest BCUT2D eigenvalue weighted by atomic mass is 10.2. The van der Waals surface area contributed by atoms with Crippen molar-refractivity contribution in [3.8, 4) is 0 Å². The third kappa shape index (κ3) is 1.62. The van der Waals surface area contributed by atoms with Crippen LogP contribution in [0.15, 0.2) is 35.3 Å². The van der Waals surface area contributed by atoms with E-state index in [2.05, 4.69) is 4.98 Å². The molecular weight excluding hydrogens is 218 g/mol. The summed E-state index contributed by atoms with van der Waals surface area (Å²) in [6.45, 7) is 0. The van der Waals surface area contributed by atoms with Crippen LogP contribution in [0, 0.1) is 0 Å². The summed E-state index contributed by atoms with van der Waals surface area (Å²) in [5, 5.41) is 5.45. The summed E-state index contributed by atoms with van der Waals surface area (Å²) < 4.78 is 22.8. The Morgan fingerprint density at radius 1 is 1.27 bits per heavy atom. The molecule has 0 radical (unpaired) electrons. The van der Waals surface area contributed by atoms with Crippen molar-refractivity contribution in [2.45, 2.75) is 0 Å². The maximum atomic E-state index is 11.3. The second-order valence-electron chi connectivity index (χ2n) is 2.91. The second kappa shape index (κ2) is 3.14. The quantitative estimate of drug-likeness (QED) is 0.704. The number of benzene rings is 1. The van der Waals surface area contributed by atoms with E-state index in [-0.39, 0.29) is 5.52 Å². The highest BCUT2D eigenvalue weighted by atomic mass is 32.2. The predicted molar refractivity (Wildman–Crippen MR) is 54.5 cm³/mol. The Balaban J connectivity index is 3.06. The molecule has 0 saturated carbocycles. The van der Waals surface area contributed by atoms with Crippen LogP contribution in [0.2, 0.25) is 0 Å². The van der Waals surface area contributed by atoms with Crippen LogP contribution in [0.1, 0.15) is 0 Å². The molecule has 0 unspecified atom stereocenters. The molecule has 0 amide bonds. The van der Waals surface area contributed by atoms with Crippen molar-refractivity contribution < 1.29 is 8.42 Å². The second-order valence-corrected chi connectivity index (χ2v) is 4.30. The smallest absolute Gasteiger partial charge is 0.244 e. The van der Waals surface area contributed by atoms with Crippen LogP contribution in [-0.4, -0.2) is 17.4 Å². The molecule has 0 fully saturated rings. The van der Waals surface area contributed by atoms with Gasteiger partial charge in [-0.2, -0.15) is 17.4 Å². The van der Waals surface area contributed by atoms with Gasteiger partial charge in [0.05, 0.1) is 5.52 Å². The number of hydrogen-bond acceptors (Lipinski definition) is 4. The van der Waals surface area contributed by atoms with Crippen molar-refractivity contribution in [3.63, 3.8) is 0 Å². The van der Waals surface area contributed by atoms with Gasteiger partial charge in [-0.05, 0) is 6.07 Å². The van der Waals surface area contributed by atoms with Crippen molar-refractivity contribution in [3.05, 3.63) is 40.9 Å². The zero-order valence-corrected chi connectivity index (χ0v) is 8.31. The highest BCUT2D eigenvalue weighted by Crippen LogP contribution is 2.10. The molecule has 1 aromatic heterocycles. The first-order valence-corrected chi connectivity index (χ1v) is 5.50. The van der Waals surface area contributed by atoms with Gasteiger partial charge in [0.1, 0.15) is 0 Å². The van der Waals surface area contributed by atoms with E-state index in [1.54, 1.807) is 18.2 Å². The Morgan fingerprint density at radius 3 is 2.60 bits per heavy atom. The molecule has 0 bridgehead atoms. The Morgan fingerprint density at radius 2 is 1.93 bits per heavy atom. The van der Waals surface area contributed by atoms with Crippen LogP contribution >= 0.6 is 0 Å². The number of para-hydroxylation sites is 1. The molecule has 6 nitrogen and oxygen atoms in total. The van der Waals surface area contributed by atoms with Crippen molar-refractivity contribution in [2.75, 3.05) is 0 Å². The largest absolute Gasteiger partial charge is 0.362 e. The molecule has 0 aliphatic heterocycles. The van der Waals surface area contributed by atoms with Crippen molar-refractivity contribution >= 4 is 21.1 Å². The van der Waals surface area contributed by atoms with Crippen LogP contribution in [0.25, 0.3) is 10.9 Å². The van der Waals surface area contributed by atoms with Gasteiger partial charge in [-0.25, -0.2) is 9.93 Å². The first kappa shape index (κ1) is 9.81. The number of rotatable bonds is 1. The summed E-state index contributed by atoms with van der Waals surface area (Å²) in [6, 6.07) is 6.46. The summed E-state index contributed by atoms with van der Waals surface area (Å²) in [6.07, 6.45) is 1.30. The van der Waals surface area contributed by atoms with Crippen LogP contribution in [0.3, 0.4) is 0 Å². The molecular formula is C8H7N3O3S. The van der Waals surface area contributed by atoms with E-state index in [0.29, 0.717) is 9.36 Å². The molecule has 15 heavy (non-hydrogen) atoms. The number of nitrogens with two attached hydrogens (primary N) is 1. The fourth-order valence-electron chi connectivity index (χ4n) is 1.31. The third-order valence-electron chi connectivity index (χ3n) is 1.90. The Labute approximate surface area is 85.2 Å². The lowest BCUT2D eigenvalue weighted by Gasteiger charge is -2.05. The van der Waals surface area contributed by atoms with Gasteiger partial charge in [-0.15, -0.1) is 0 Å². The average molecular weight is 225 g/mol. The van der Waals surface area contributed by atoms with Gasteiger partial charge >= 0.3 is 15.9 Å². The monoisotopic (exact) mass is 225 g/mol. The summed E-state index contributed by atoms with van der Waals surface area (Å²) in [5.41, 5.74) is -0.684. The molecule has 0 aliphatic carbocycles. The Bertz CT molecular complexity index is 675. The average Bonchev–Trinajstić information content (AvgIpc) is 2.15. The molecule has 78 valence electrons. The van der Waals surface area contributed by atoms with E-state index >= 15 is 0 Å². The van der Waals surface area contributed by atoms with Crippen molar-refractivity contribution in [2.24, 2.45) is 5.14 Å². The molecule has 1 aromatic carbocycles. The number of fused-ring (bicyclic) bond motifs is 1. The molecule has 0 aliphatic rings. The minimum atomic E-state index is -4.12. The third-order valence-corrected chi connectivity index (χ3v) is 2.76. The molecule has 7 heteroatoms. The molecule has 2 rings (SSSR count). The van der Waals surface area contributed by atoms with Crippen LogP contribution in [-0.2, 0) is 10.2 Å². The highest BCUT2D eigenvalue weighted by molar-refractivity contribution is 7.87. The van der Waals surface area contributed by atoms with Gasteiger partial charge in [0.2, 0.25) is 0 Å². The lowest BCUT2D eigenvalue weighted by Crippen LogP contribution is -2.34. The maximum absolute atomic E-state index is 11.3. The van der Waals surface area contributed by atoms with Gasteiger partial charge in [-0.1, -0.05) is 18.2 Å². The number of nitrogens with zero attached hydrogens (tertiary/aromatic N) is 2. The van der Waals surface area contributed by atoms with Gasteiger partial charge < -0.3 is 0 Å². The van der Waals surface area contributed by atoms with E-state index in [1.807, 2.05) is 0 Å². The van der Waals surface area contributed by atoms with Crippen molar-refractivity contribution in [1.29, 1.82) is 0 Å². The number of aromatic nitrogens is 2. The van der Waals surface area contributed by atoms with Gasteiger partial charge in [-0.3, -0.25) is 0 Å². The van der Waals surface area contributed by atoms with E-state index in [1.165, 1.54) is 12.3 Å². The first-order valence-electron chi connectivity index (χ1n) is 4.00. The minimum Gasteiger partial charge on any atom is -0.244 e. The molecule has 1 heterocycles. The van der Waals surface area contributed by atoms with Gasteiger partial charge in [0.15, 0.2) is 0 Å². The first-order chi connectivity index (χ1) is 7.00. The zero-order chi connectivity index (χ0) is 11.1. The zero-order valence-electron chi connectivity index (χ0n) is 7.49.